The molecule has 4 rings (SSSR count). The number of carbonyl (C=O) groups is 1. The average molecular weight is 396 g/mol. The maximum absolute atomic E-state index is 13.0. The molecule has 2 heterocycles. The van der Waals surface area contributed by atoms with Gasteiger partial charge in [0.2, 0.25) is 11.9 Å². The molecule has 1 N–H and O–H groups in total. The van der Waals surface area contributed by atoms with Crippen molar-refractivity contribution in [1.29, 1.82) is 0 Å². The number of aromatic nitrogens is 2. The van der Waals surface area contributed by atoms with Crippen molar-refractivity contribution in [3.8, 4) is 5.75 Å². The van der Waals surface area contributed by atoms with Gasteiger partial charge in [-0.15, -0.1) is 0 Å². The number of methoxy groups -OCH3 is 1. The lowest BCUT2D eigenvalue weighted by atomic mass is 10.0. The Labute approximate surface area is 172 Å². The number of nitrogens with one attached hydrogen (secondary N) is 1. The number of ether oxygens (including phenoxy) is 1. The number of hydrogen-bond acceptors (Lipinski definition) is 6. The summed E-state index contributed by atoms with van der Waals surface area (Å²) in [5.41, 5.74) is 2.71. The first kappa shape index (κ1) is 19.5. The zero-order chi connectivity index (χ0) is 20.5. The highest BCUT2D eigenvalue weighted by Gasteiger charge is 2.41. The molecule has 1 aliphatic heterocycles. The van der Waals surface area contributed by atoms with Crippen LogP contribution in [0.5, 0.6) is 5.75 Å². The van der Waals surface area contributed by atoms with Gasteiger partial charge in [-0.25, -0.2) is 4.98 Å². The summed E-state index contributed by atoms with van der Waals surface area (Å²) >= 11 is 0. The largest absolute Gasteiger partial charge is 0.495 e. The fraction of sp³-hybridized carbons (Fsp3) is 0.500. The standard InChI is InChI=1S/C22H29N5O2/c1-5-17-21(28)26(3)18-13-23-22(24-16-11-10-14(2)12-19(16)29-4)25-20(18)27(17)15-8-6-7-9-15/h10-13,15,17H,5-9H2,1-4H3,(H,23,24,25)/t17-/m1/s1. The lowest BCUT2D eigenvalue weighted by molar-refractivity contribution is -0.120. The van der Waals surface area contributed by atoms with Gasteiger partial charge in [0.05, 0.1) is 19.0 Å². The molecule has 7 heteroatoms. The molecule has 1 fully saturated rings. The summed E-state index contributed by atoms with van der Waals surface area (Å²) in [5.74, 6) is 2.22. The molecule has 0 spiro atoms. The number of carbonyl (C=O) groups excluding carboxylic acids is 1. The van der Waals surface area contributed by atoms with Crippen molar-refractivity contribution < 1.29 is 9.53 Å². The Kier molecular flexibility index (Phi) is 5.30. The average Bonchev–Trinajstić information content (AvgIpc) is 3.26. The number of aryl methyl sites for hydroxylation is 1. The third-order valence-corrected chi connectivity index (χ3v) is 6.02. The van der Waals surface area contributed by atoms with Crippen LogP contribution < -0.4 is 19.9 Å². The van der Waals surface area contributed by atoms with Gasteiger partial charge < -0.3 is 19.9 Å². The van der Waals surface area contributed by atoms with Crippen LogP contribution in [0.1, 0.15) is 44.6 Å². The van der Waals surface area contributed by atoms with E-state index in [-0.39, 0.29) is 11.9 Å². The van der Waals surface area contributed by atoms with Crippen LogP contribution in [0.4, 0.5) is 23.1 Å². The van der Waals surface area contributed by atoms with Gasteiger partial charge in [0.1, 0.15) is 17.5 Å². The molecule has 1 aliphatic carbocycles. The predicted molar refractivity (Wildman–Crippen MR) is 115 cm³/mol. The highest BCUT2D eigenvalue weighted by Crippen LogP contribution is 2.40. The first-order chi connectivity index (χ1) is 14.0. The van der Waals surface area contributed by atoms with Crippen LogP contribution in [0.3, 0.4) is 0 Å². The molecule has 1 aromatic heterocycles. The highest BCUT2D eigenvalue weighted by molar-refractivity contribution is 6.04. The van der Waals surface area contributed by atoms with Crippen LogP contribution in [0.15, 0.2) is 24.4 Å². The van der Waals surface area contributed by atoms with E-state index < -0.39 is 0 Å². The smallest absolute Gasteiger partial charge is 0.249 e. The third-order valence-electron chi connectivity index (χ3n) is 6.02. The van der Waals surface area contributed by atoms with Crippen molar-refractivity contribution in [1.82, 2.24) is 9.97 Å². The number of rotatable bonds is 5. The molecule has 0 unspecified atom stereocenters. The molecule has 2 aromatic rings. The molecular formula is C22H29N5O2. The number of fused-ring (bicyclic) bond motifs is 1. The number of hydrogen-bond donors (Lipinski definition) is 1. The molecule has 1 atom stereocenters. The van der Waals surface area contributed by atoms with Gasteiger partial charge in [0, 0.05) is 13.1 Å². The number of benzene rings is 1. The van der Waals surface area contributed by atoms with E-state index in [9.17, 15) is 4.79 Å². The summed E-state index contributed by atoms with van der Waals surface area (Å²) in [6.45, 7) is 4.10. The SMILES string of the molecule is CC[C@@H]1C(=O)N(C)c2cnc(Nc3ccc(C)cc3OC)nc2N1C1CCCC1. The molecule has 1 amide bonds. The molecule has 0 radical (unpaired) electrons. The van der Waals surface area contributed by atoms with Crippen LogP contribution in [-0.2, 0) is 4.79 Å². The normalized spacial score (nSPS) is 19.4. The monoisotopic (exact) mass is 395 g/mol. The minimum absolute atomic E-state index is 0.122. The number of anilines is 4. The van der Waals surface area contributed by atoms with E-state index >= 15 is 0 Å². The van der Waals surface area contributed by atoms with E-state index in [1.165, 1.54) is 12.8 Å². The minimum Gasteiger partial charge on any atom is -0.495 e. The molecule has 0 bridgehead atoms. The molecule has 2 aliphatic rings. The van der Waals surface area contributed by atoms with Gasteiger partial charge in [-0.05, 0) is 43.9 Å². The molecule has 1 aromatic carbocycles. The molecule has 154 valence electrons. The number of likely N-dealkylation sites (N-methyl/N-ethyl adjacent to an activating group) is 1. The van der Waals surface area contributed by atoms with Crippen molar-refractivity contribution in [3.63, 3.8) is 0 Å². The van der Waals surface area contributed by atoms with Crippen LogP contribution in [-0.4, -0.2) is 42.1 Å². The topological polar surface area (TPSA) is 70.6 Å². The van der Waals surface area contributed by atoms with Crippen LogP contribution in [0.2, 0.25) is 0 Å². The van der Waals surface area contributed by atoms with Crippen LogP contribution in [0.25, 0.3) is 0 Å². The van der Waals surface area contributed by atoms with Crippen molar-refractivity contribution >= 4 is 29.0 Å². The second kappa shape index (κ2) is 7.89. The second-order valence-corrected chi connectivity index (χ2v) is 7.90. The molecule has 1 saturated carbocycles. The fourth-order valence-electron chi connectivity index (χ4n) is 4.47. The van der Waals surface area contributed by atoms with Gasteiger partial charge in [-0.1, -0.05) is 25.8 Å². The van der Waals surface area contributed by atoms with E-state index in [1.807, 2.05) is 32.2 Å². The van der Waals surface area contributed by atoms with E-state index in [0.29, 0.717) is 12.0 Å². The predicted octanol–water partition coefficient (Wildman–Crippen LogP) is 4.04. The van der Waals surface area contributed by atoms with E-state index in [4.69, 9.17) is 9.72 Å². The minimum atomic E-state index is -0.174. The van der Waals surface area contributed by atoms with Crippen molar-refractivity contribution in [2.45, 2.75) is 58.0 Å². The zero-order valence-electron chi connectivity index (χ0n) is 17.6. The maximum Gasteiger partial charge on any atom is 0.249 e. The second-order valence-electron chi connectivity index (χ2n) is 7.90. The molecular weight excluding hydrogens is 366 g/mol. The van der Waals surface area contributed by atoms with Gasteiger partial charge in [-0.2, -0.15) is 4.98 Å². The van der Waals surface area contributed by atoms with Crippen LogP contribution in [0, 0.1) is 6.92 Å². The zero-order valence-corrected chi connectivity index (χ0v) is 17.6. The Morgan fingerprint density at radius 3 is 2.72 bits per heavy atom. The maximum atomic E-state index is 13.0. The number of nitrogens with zero attached hydrogens (tertiary/aromatic N) is 4. The Balaban J connectivity index is 1.74. The molecule has 0 saturated heterocycles. The van der Waals surface area contributed by atoms with E-state index in [1.54, 1.807) is 18.2 Å². The van der Waals surface area contributed by atoms with Gasteiger partial charge >= 0.3 is 0 Å². The Bertz CT molecular complexity index is 910. The summed E-state index contributed by atoms with van der Waals surface area (Å²) in [4.78, 5) is 26.3. The Morgan fingerprint density at radius 1 is 1.28 bits per heavy atom. The Morgan fingerprint density at radius 2 is 2.03 bits per heavy atom. The van der Waals surface area contributed by atoms with E-state index in [2.05, 4.69) is 22.1 Å². The summed E-state index contributed by atoms with van der Waals surface area (Å²) in [7, 11) is 3.47. The molecule has 7 nitrogen and oxygen atoms in total. The first-order valence-corrected chi connectivity index (χ1v) is 10.4. The van der Waals surface area contributed by atoms with Gasteiger partial charge in [0.15, 0.2) is 5.82 Å². The fourth-order valence-corrected chi connectivity index (χ4v) is 4.47. The summed E-state index contributed by atoms with van der Waals surface area (Å²) < 4.78 is 5.50. The van der Waals surface area contributed by atoms with Crippen molar-refractivity contribution in [3.05, 3.63) is 30.0 Å². The summed E-state index contributed by atoms with van der Waals surface area (Å²) in [6.07, 6.45) is 7.12. The molecule has 29 heavy (non-hydrogen) atoms. The van der Waals surface area contributed by atoms with E-state index in [0.717, 1.165) is 47.8 Å². The van der Waals surface area contributed by atoms with Crippen molar-refractivity contribution in [2.24, 2.45) is 0 Å². The quantitative estimate of drug-likeness (QED) is 0.824. The van der Waals surface area contributed by atoms with Gasteiger partial charge in [0.25, 0.3) is 0 Å². The van der Waals surface area contributed by atoms with Gasteiger partial charge in [-0.3, -0.25) is 4.79 Å². The third kappa shape index (κ3) is 3.50. The Hall–Kier alpha value is -2.83. The lowest BCUT2D eigenvalue weighted by Gasteiger charge is -2.43. The summed E-state index contributed by atoms with van der Waals surface area (Å²) in [5, 5.41) is 3.29. The summed E-state index contributed by atoms with van der Waals surface area (Å²) in [6, 6.07) is 6.15. The lowest BCUT2D eigenvalue weighted by Crippen LogP contribution is -2.55. The van der Waals surface area contributed by atoms with Crippen molar-refractivity contribution in [2.75, 3.05) is 29.3 Å². The number of amides is 1. The first-order valence-electron chi connectivity index (χ1n) is 10.4. The van der Waals surface area contributed by atoms with Crippen LogP contribution >= 0.6 is 0 Å². The highest BCUT2D eigenvalue weighted by atomic mass is 16.5.